The quantitative estimate of drug-likeness (QED) is 0.803. The zero-order valence-electron chi connectivity index (χ0n) is 11.0. The van der Waals surface area contributed by atoms with Crippen molar-refractivity contribution >= 4 is 17.8 Å². The van der Waals surface area contributed by atoms with Gasteiger partial charge in [-0.15, -0.1) is 0 Å². The molecule has 0 amide bonds. The summed E-state index contributed by atoms with van der Waals surface area (Å²) in [6.45, 7) is 2.41. The van der Waals surface area contributed by atoms with Gasteiger partial charge in [-0.1, -0.05) is 31.2 Å². The van der Waals surface area contributed by atoms with E-state index in [1.165, 1.54) is 0 Å². The van der Waals surface area contributed by atoms with Crippen LogP contribution >= 0.6 is 0 Å². The van der Waals surface area contributed by atoms with Crippen LogP contribution in [-0.2, 0) is 9.59 Å². The molecule has 1 aromatic carbocycles. The number of carboxylic acids is 1. The van der Waals surface area contributed by atoms with Crippen molar-refractivity contribution in [1.29, 1.82) is 0 Å². The molecular formula is C15H17FO3. The molecule has 1 N–H and O–H groups in total. The van der Waals surface area contributed by atoms with E-state index >= 15 is 0 Å². The first-order valence-electron chi connectivity index (χ1n) is 6.12. The molecule has 1 atom stereocenters. The lowest BCUT2D eigenvalue weighted by Gasteiger charge is -2.07. The Hall–Kier alpha value is -1.97. The number of Topliss-reactive ketones (excluding diaryl/α,β-unsaturated/α-hetero) is 1. The second-order valence-electron chi connectivity index (χ2n) is 4.31. The third-order valence-corrected chi connectivity index (χ3v) is 3.01. The van der Waals surface area contributed by atoms with E-state index < -0.39 is 24.3 Å². The predicted molar refractivity (Wildman–Crippen MR) is 71.7 cm³/mol. The Balaban J connectivity index is 2.96. The summed E-state index contributed by atoms with van der Waals surface area (Å²) in [5, 5.41) is 8.89. The molecule has 0 aromatic heterocycles. The van der Waals surface area contributed by atoms with E-state index in [4.69, 9.17) is 5.11 Å². The number of allylic oxidation sites excluding steroid dienone is 1. The smallest absolute Gasteiger partial charge is 0.310 e. The minimum Gasteiger partial charge on any atom is -0.481 e. The summed E-state index contributed by atoms with van der Waals surface area (Å²) in [7, 11) is 0. The normalized spacial score (nSPS) is 13.1. The first-order valence-corrected chi connectivity index (χ1v) is 6.12. The van der Waals surface area contributed by atoms with Crippen molar-refractivity contribution in [2.75, 3.05) is 6.67 Å². The molecule has 19 heavy (non-hydrogen) atoms. The lowest BCUT2D eigenvalue weighted by Crippen LogP contribution is -2.07. The average Bonchev–Trinajstić information content (AvgIpc) is 2.43. The molecule has 0 saturated carbocycles. The summed E-state index contributed by atoms with van der Waals surface area (Å²) in [5.74, 6) is -1.97. The molecule has 4 heteroatoms. The predicted octanol–water partition coefficient (Wildman–Crippen LogP) is 3.21. The SMILES string of the molecule is CCC(=Cc1ccc(C(C)C(=O)O)cc1)C(=O)CF. The maximum absolute atomic E-state index is 12.3. The van der Waals surface area contributed by atoms with Gasteiger partial charge in [0, 0.05) is 0 Å². The van der Waals surface area contributed by atoms with E-state index in [0.717, 1.165) is 5.56 Å². The third-order valence-electron chi connectivity index (χ3n) is 3.01. The maximum atomic E-state index is 12.3. The van der Waals surface area contributed by atoms with E-state index in [1.54, 1.807) is 44.2 Å². The summed E-state index contributed by atoms with van der Waals surface area (Å²) >= 11 is 0. The van der Waals surface area contributed by atoms with Crippen molar-refractivity contribution in [3.63, 3.8) is 0 Å². The molecule has 0 saturated heterocycles. The molecule has 0 aliphatic carbocycles. The Morgan fingerprint density at radius 1 is 1.32 bits per heavy atom. The highest BCUT2D eigenvalue weighted by atomic mass is 19.1. The number of hydrogen-bond acceptors (Lipinski definition) is 2. The zero-order chi connectivity index (χ0) is 14.4. The zero-order valence-corrected chi connectivity index (χ0v) is 11.0. The van der Waals surface area contributed by atoms with E-state index in [0.29, 0.717) is 17.6 Å². The Kier molecular flexibility index (Phi) is 5.42. The summed E-state index contributed by atoms with van der Waals surface area (Å²) in [4.78, 5) is 22.1. The number of ketones is 1. The Morgan fingerprint density at radius 3 is 2.32 bits per heavy atom. The molecule has 0 radical (unpaired) electrons. The minimum atomic E-state index is -0.992. The first kappa shape index (κ1) is 15.1. The molecule has 0 aliphatic rings. The van der Waals surface area contributed by atoms with E-state index in [2.05, 4.69) is 0 Å². The lowest BCUT2D eigenvalue weighted by atomic mass is 9.98. The topological polar surface area (TPSA) is 54.4 Å². The number of halogens is 1. The van der Waals surface area contributed by atoms with Gasteiger partial charge in [0.15, 0.2) is 12.5 Å². The second-order valence-corrected chi connectivity index (χ2v) is 4.31. The van der Waals surface area contributed by atoms with Crippen LogP contribution in [0.15, 0.2) is 29.8 Å². The van der Waals surface area contributed by atoms with Crippen LogP contribution in [0.25, 0.3) is 6.08 Å². The second kappa shape index (κ2) is 6.83. The fourth-order valence-corrected chi connectivity index (χ4v) is 1.69. The van der Waals surface area contributed by atoms with E-state index in [9.17, 15) is 14.0 Å². The number of benzene rings is 1. The first-order chi connectivity index (χ1) is 8.99. The largest absolute Gasteiger partial charge is 0.481 e. The van der Waals surface area contributed by atoms with Gasteiger partial charge < -0.3 is 5.11 Å². The van der Waals surface area contributed by atoms with Crippen LogP contribution in [-0.4, -0.2) is 23.5 Å². The summed E-state index contributed by atoms with van der Waals surface area (Å²) in [5.41, 5.74) is 1.89. The summed E-state index contributed by atoms with van der Waals surface area (Å²) < 4.78 is 12.3. The van der Waals surface area contributed by atoms with E-state index in [-0.39, 0.29) is 0 Å². The van der Waals surface area contributed by atoms with Crippen molar-refractivity contribution in [3.8, 4) is 0 Å². The highest BCUT2D eigenvalue weighted by Gasteiger charge is 2.13. The molecule has 1 unspecified atom stereocenters. The minimum absolute atomic E-state index is 0.432. The molecule has 0 bridgehead atoms. The molecule has 0 spiro atoms. The van der Waals surface area contributed by atoms with Crippen molar-refractivity contribution in [3.05, 3.63) is 41.0 Å². The molecular weight excluding hydrogens is 247 g/mol. The highest BCUT2D eigenvalue weighted by molar-refractivity contribution is 6.00. The maximum Gasteiger partial charge on any atom is 0.310 e. The monoisotopic (exact) mass is 264 g/mol. The van der Waals surface area contributed by atoms with Crippen molar-refractivity contribution in [2.24, 2.45) is 0 Å². The van der Waals surface area contributed by atoms with Gasteiger partial charge in [-0.05, 0) is 36.1 Å². The van der Waals surface area contributed by atoms with Crippen molar-refractivity contribution in [1.82, 2.24) is 0 Å². The Bertz CT molecular complexity index is 489. The van der Waals surface area contributed by atoms with Crippen LogP contribution in [0.1, 0.15) is 37.3 Å². The molecule has 3 nitrogen and oxygen atoms in total. The Labute approximate surface area is 111 Å². The molecule has 102 valence electrons. The number of aliphatic carboxylic acids is 1. The molecule has 1 aromatic rings. The lowest BCUT2D eigenvalue weighted by molar-refractivity contribution is -0.138. The number of carbonyl (C=O) groups excluding carboxylic acids is 1. The van der Waals surface area contributed by atoms with Crippen LogP contribution in [0.2, 0.25) is 0 Å². The van der Waals surface area contributed by atoms with Gasteiger partial charge >= 0.3 is 5.97 Å². The fraction of sp³-hybridized carbons (Fsp3) is 0.333. The highest BCUT2D eigenvalue weighted by Crippen LogP contribution is 2.18. The van der Waals surface area contributed by atoms with Crippen LogP contribution in [0.3, 0.4) is 0 Å². The number of carboxylic acid groups (broad SMARTS) is 1. The van der Waals surface area contributed by atoms with Crippen molar-refractivity contribution in [2.45, 2.75) is 26.2 Å². The summed E-state index contributed by atoms with van der Waals surface area (Å²) in [6, 6.07) is 6.88. The van der Waals surface area contributed by atoms with Gasteiger partial charge in [-0.2, -0.15) is 0 Å². The standard InChI is InChI=1S/C15H17FO3/c1-3-12(14(17)9-16)8-11-4-6-13(7-5-11)10(2)15(18)19/h4-8,10H,3,9H2,1-2H3,(H,18,19). The van der Waals surface area contributed by atoms with E-state index in [1.807, 2.05) is 0 Å². The number of alkyl halides is 1. The van der Waals surface area contributed by atoms with Crippen LogP contribution < -0.4 is 0 Å². The van der Waals surface area contributed by atoms with Gasteiger partial charge in [0.05, 0.1) is 5.92 Å². The van der Waals surface area contributed by atoms with Crippen LogP contribution in [0, 0.1) is 0 Å². The summed E-state index contributed by atoms with van der Waals surface area (Å²) in [6.07, 6.45) is 2.10. The average molecular weight is 264 g/mol. The van der Waals surface area contributed by atoms with Gasteiger partial charge in [0.1, 0.15) is 0 Å². The Morgan fingerprint density at radius 2 is 1.89 bits per heavy atom. The molecule has 0 heterocycles. The third kappa shape index (κ3) is 4.02. The van der Waals surface area contributed by atoms with Crippen molar-refractivity contribution < 1.29 is 19.1 Å². The number of rotatable bonds is 6. The van der Waals surface area contributed by atoms with Gasteiger partial charge in [-0.25, -0.2) is 4.39 Å². The molecule has 0 fully saturated rings. The number of hydrogen-bond donors (Lipinski definition) is 1. The van der Waals surface area contributed by atoms with Crippen LogP contribution in [0.5, 0.6) is 0 Å². The van der Waals surface area contributed by atoms with Gasteiger partial charge in [0.25, 0.3) is 0 Å². The molecule has 0 aliphatic heterocycles. The number of carbonyl (C=O) groups is 2. The van der Waals surface area contributed by atoms with Crippen LogP contribution in [0.4, 0.5) is 4.39 Å². The molecule has 1 rings (SSSR count). The van der Waals surface area contributed by atoms with Gasteiger partial charge in [0.2, 0.25) is 0 Å². The van der Waals surface area contributed by atoms with Gasteiger partial charge in [-0.3, -0.25) is 9.59 Å². The fourth-order valence-electron chi connectivity index (χ4n) is 1.69.